The topological polar surface area (TPSA) is 54.0 Å². The number of benzene rings is 1. The number of nitrogens with zero attached hydrogens (tertiary/aromatic N) is 1. The van der Waals surface area contributed by atoms with Gasteiger partial charge in [0.1, 0.15) is 11.6 Å². The molecule has 4 nitrogen and oxygen atoms in total. The van der Waals surface area contributed by atoms with Crippen LogP contribution in [0.5, 0.6) is 0 Å². The van der Waals surface area contributed by atoms with Crippen molar-refractivity contribution in [3.05, 3.63) is 52.4 Å². The van der Waals surface area contributed by atoms with Crippen molar-refractivity contribution in [3.63, 3.8) is 0 Å². The largest absolute Gasteiger partial charge is 0.373 e. The molecule has 0 bridgehead atoms. The van der Waals surface area contributed by atoms with Gasteiger partial charge in [-0.3, -0.25) is 4.79 Å². The molecule has 0 aliphatic carbocycles. The molecule has 0 unspecified atom stereocenters. The van der Waals surface area contributed by atoms with Crippen LogP contribution >= 0.6 is 11.6 Å². The molecule has 2 rings (SSSR count). The maximum absolute atomic E-state index is 13.4. The average molecular weight is 294 g/mol. The van der Waals surface area contributed by atoms with Crippen LogP contribution in [0.15, 0.2) is 30.5 Å². The van der Waals surface area contributed by atoms with Gasteiger partial charge in [0.15, 0.2) is 0 Å². The molecule has 0 aliphatic heterocycles. The number of nitrogens with one attached hydrogen (secondary N) is 2. The molecule has 2 N–H and O–H groups in total. The van der Waals surface area contributed by atoms with E-state index in [4.69, 9.17) is 11.6 Å². The number of aromatic nitrogens is 1. The van der Waals surface area contributed by atoms with Gasteiger partial charge in [0, 0.05) is 18.9 Å². The second-order valence-corrected chi connectivity index (χ2v) is 4.62. The molecule has 0 radical (unpaired) electrons. The zero-order valence-corrected chi connectivity index (χ0v) is 11.8. The van der Waals surface area contributed by atoms with Gasteiger partial charge in [0.05, 0.1) is 10.6 Å². The minimum absolute atomic E-state index is 0.231. The molecule has 1 heterocycles. The molecular formula is C14H13ClFN3O. The van der Waals surface area contributed by atoms with Crippen LogP contribution in [0.4, 0.5) is 15.9 Å². The Morgan fingerprint density at radius 3 is 2.75 bits per heavy atom. The predicted molar refractivity (Wildman–Crippen MR) is 77.9 cm³/mol. The van der Waals surface area contributed by atoms with Gasteiger partial charge in [-0.15, -0.1) is 0 Å². The molecule has 2 aromatic rings. The number of hydrogen-bond acceptors (Lipinski definition) is 3. The summed E-state index contributed by atoms with van der Waals surface area (Å²) >= 11 is 5.95. The average Bonchev–Trinajstić information content (AvgIpc) is 2.43. The standard InChI is InChI=1S/C14H13ClFN3O/c1-8-3-4-9(5-12(8)16)19-14(20)10-6-13(17-2)18-7-11(10)15/h3-7H,1-2H3,(H,17,18)(H,19,20). The molecule has 0 aliphatic rings. The highest BCUT2D eigenvalue weighted by Crippen LogP contribution is 2.20. The smallest absolute Gasteiger partial charge is 0.257 e. The summed E-state index contributed by atoms with van der Waals surface area (Å²) in [5, 5.41) is 5.65. The lowest BCUT2D eigenvalue weighted by atomic mass is 10.2. The van der Waals surface area contributed by atoms with E-state index in [0.717, 1.165) is 0 Å². The number of pyridine rings is 1. The van der Waals surface area contributed by atoms with Crippen molar-refractivity contribution in [2.45, 2.75) is 6.92 Å². The van der Waals surface area contributed by atoms with Crippen molar-refractivity contribution >= 4 is 29.0 Å². The Kier molecular flexibility index (Phi) is 4.20. The number of carbonyl (C=O) groups is 1. The zero-order chi connectivity index (χ0) is 14.7. The Morgan fingerprint density at radius 1 is 1.35 bits per heavy atom. The summed E-state index contributed by atoms with van der Waals surface area (Å²) in [4.78, 5) is 16.1. The lowest BCUT2D eigenvalue weighted by Crippen LogP contribution is -2.13. The Labute approximate surface area is 121 Å². The van der Waals surface area contributed by atoms with E-state index in [0.29, 0.717) is 17.1 Å². The minimum Gasteiger partial charge on any atom is -0.373 e. The van der Waals surface area contributed by atoms with E-state index in [1.807, 2.05) is 0 Å². The third-order valence-electron chi connectivity index (χ3n) is 2.79. The molecule has 1 aromatic heterocycles. The van der Waals surface area contributed by atoms with E-state index in [1.54, 1.807) is 26.1 Å². The Morgan fingerprint density at radius 2 is 2.10 bits per heavy atom. The fourth-order valence-electron chi connectivity index (χ4n) is 1.62. The van der Waals surface area contributed by atoms with Crippen molar-refractivity contribution in [1.82, 2.24) is 4.98 Å². The molecule has 0 saturated carbocycles. The highest BCUT2D eigenvalue weighted by atomic mass is 35.5. The second kappa shape index (κ2) is 5.88. The first-order chi connectivity index (χ1) is 9.51. The molecular weight excluding hydrogens is 281 g/mol. The number of rotatable bonds is 3. The minimum atomic E-state index is -0.419. The third kappa shape index (κ3) is 3.05. The van der Waals surface area contributed by atoms with Gasteiger partial charge in [-0.2, -0.15) is 0 Å². The van der Waals surface area contributed by atoms with Crippen LogP contribution in [0.25, 0.3) is 0 Å². The Bertz CT molecular complexity index is 661. The van der Waals surface area contributed by atoms with Gasteiger partial charge >= 0.3 is 0 Å². The van der Waals surface area contributed by atoms with Gasteiger partial charge in [0.2, 0.25) is 0 Å². The van der Waals surface area contributed by atoms with Gasteiger partial charge in [-0.05, 0) is 30.7 Å². The van der Waals surface area contributed by atoms with E-state index in [1.165, 1.54) is 18.3 Å². The van der Waals surface area contributed by atoms with Crippen molar-refractivity contribution in [2.24, 2.45) is 0 Å². The van der Waals surface area contributed by atoms with E-state index in [-0.39, 0.29) is 16.4 Å². The summed E-state index contributed by atoms with van der Waals surface area (Å²) in [6.45, 7) is 1.65. The van der Waals surface area contributed by atoms with Crippen LogP contribution in [0.3, 0.4) is 0 Å². The first kappa shape index (κ1) is 14.3. The number of halogens is 2. The van der Waals surface area contributed by atoms with Crippen molar-refractivity contribution in [1.29, 1.82) is 0 Å². The summed E-state index contributed by atoms with van der Waals surface area (Å²) in [7, 11) is 1.69. The number of aryl methyl sites for hydroxylation is 1. The monoisotopic (exact) mass is 293 g/mol. The molecule has 0 spiro atoms. The highest BCUT2D eigenvalue weighted by Gasteiger charge is 2.12. The van der Waals surface area contributed by atoms with Crippen LogP contribution in [0.1, 0.15) is 15.9 Å². The van der Waals surface area contributed by atoms with Gasteiger partial charge in [-0.1, -0.05) is 17.7 Å². The van der Waals surface area contributed by atoms with Crippen molar-refractivity contribution < 1.29 is 9.18 Å². The first-order valence-corrected chi connectivity index (χ1v) is 6.30. The van der Waals surface area contributed by atoms with Crippen molar-refractivity contribution in [2.75, 3.05) is 17.7 Å². The van der Waals surface area contributed by atoms with Gasteiger partial charge in [-0.25, -0.2) is 9.37 Å². The number of carbonyl (C=O) groups excluding carboxylic acids is 1. The number of hydrogen-bond donors (Lipinski definition) is 2. The first-order valence-electron chi connectivity index (χ1n) is 5.92. The zero-order valence-electron chi connectivity index (χ0n) is 11.0. The maximum Gasteiger partial charge on any atom is 0.257 e. The lowest BCUT2D eigenvalue weighted by Gasteiger charge is -2.09. The fraction of sp³-hybridized carbons (Fsp3) is 0.143. The normalized spacial score (nSPS) is 10.2. The quantitative estimate of drug-likeness (QED) is 0.911. The molecule has 104 valence electrons. The van der Waals surface area contributed by atoms with Gasteiger partial charge < -0.3 is 10.6 Å². The SMILES string of the molecule is CNc1cc(C(=O)Nc2ccc(C)c(F)c2)c(Cl)cn1. The third-order valence-corrected chi connectivity index (χ3v) is 3.09. The second-order valence-electron chi connectivity index (χ2n) is 4.22. The van der Waals surface area contributed by atoms with E-state index >= 15 is 0 Å². The number of anilines is 2. The summed E-state index contributed by atoms with van der Waals surface area (Å²) in [6, 6.07) is 6.02. The summed E-state index contributed by atoms with van der Waals surface area (Å²) in [5.41, 5.74) is 1.16. The van der Waals surface area contributed by atoms with Crippen LogP contribution in [0, 0.1) is 12.7 Å². The number of amides is 1. The lowest BCUT2D eigenvalue weighted by molar-refractivity contribution is 0.102. The molecule has 20 heavy (non-hydrogen) atoms. The van der Waals surface area contributed by atoms with E-state index in [2.05, 4.69) is 15.6 Å². The molecule has 0 fully saturated rings. The molecule has 0 atom stereocenters. The van der Waals surface area contributed by atoms with E-state index in [9.17, 15) is 9.18 Å². The maximum atomic E-state index is 13.4. The Hall–Kier alpha value is -2.14. The van der Waals surface area contributed by atoms with Gasteiger partial charge in [0.25, 0.3) is 5.91 Å². The van der Waals surface area contributed by atoms with Crippen molar-refractivity contribution in [3.8, 4) is 0 Å². The van der Waals surface area contributed by atoms with E-state index < -0.39 is 5.91 Å². The van der Waals surface area contributed by atoms with Crippen LogP contribution in [-0.4, -0.2) is 17.9 Å². The molecule has 6 heteroatoms. The highest BCUT2D eigenvalue weighted by molar-refractivity contribution is 6.34. The predicted octanol–water partition coefficient (Wildman–Crippen LogP) is 3.48. The Balaban J connectivity index is 2.25. The summed E-state index contributed by atoms with van der Waals surface area (Å²) in [6.07, 6.45) is 1.39. The van der Waals surface area contributed by atoms with Crippen LogP contribution in [0.2, 0.25) is 5.02 Å². The molecule has 0 saturated heterocycles. The summed E-state index contributed by atoms with van der Waals surface area (Å²) < 4.78 is 13.4. The molecule has 1 aromatic carbocycles. The van der Waals surface area contributed by atoms with Crippen LogP contribution in [-0.2, 0) is 0 Å². The fourth-order valence-corrected chi connectivity index (χ4v) is 1.81. The van der Waals surface area contributed by atoms with Crippen LogP contribution < -0.4 is 10.6 Å². The molecule has 1 amide bonds. The summed E-state index contributed by atoms with van der Waals surface area (Å²) in [5.74, 6) is -0.272.